The summed E-state index contributed by atoms with van der Waals surface area (Å²) in [5.74, 6) is 0.557. The number of benzene rings is 1. The molecule has 0 aliphatic heterocycles. The number of rotatable bonds is 1. The number of halogens is 2. The zero-order valence-corrected chi connectivity index (χ0v) is 10.8. The lowest BCUT2D eigenvalue weighted by atomic mass is 10.1. The molecule has 1 aliphatic carbocycles. The van der Waals surface area contributed by atoms with Gasteiger partial charge in [-0.2, -0.15) is 0 Å². The fourth-order valence-electron chi connectivity index (χ4n) is 1.97. The molecule has 18 heavy (non-hydrogen) atoms. The van der Waals surface area contributed by atoms with E-state index in [4.69, 9.17) is 27.6 Å². The SMILES string of the molecule is O=c1cc(C2=CC=CC2)oc2c(Cl)cc(Cl)cc12. The Labute approximate surface area is 113 Å². The summed E-state index contributed by atoms with van der Waals surface area (Å²) in [7, 11) is 0. The third kappa shape index (κ3) is 1.88. The topological polar surface area (TPSA) is 30.2 Å². The van der Waals surface area contributed by atoms with E-state index < -0.39 is 0 Å². The molecular weight excluding hydrogens is 271 g/mol. The smallest absolute Gasteiger partial charge is 0.193 e. The molecule has 1 aromatic heterocycles. The van der Waals surface area contributed by atoms with Crippen LogP contribution in [0.1, 0.15) is 12.2 Å². The van der Waals surface area contributed by atoms with Crippen molar-refractivity contribution < 1.29 is 4.42 Å². The minimum atomic E-state index is -0.136. The van der Waals surface area contributed by atoms with Crippen molar-refractivity contribution in [2.45, 2.75) is 6.42 Å². The molecule has 4 heteroatoms. The van der Waals surface area contributed by atoms with E-state index in [9.17, 15) is 4.79 Å². The molecule has 1 heterocycles. The fourth-order valence-corrected chi connectivity index (χ4v) is 2.50. The third-order valence-electron chi connectivity index (χ3n) is 2.84. The van der Waals surface area contributed by atoms with Crippen molar-refractivity contribution in [1.29, 1.82) is 0 Å². The summed E-state index contributed by atoms with van der Waals surface area (Å²) in [6.45, 7) is 0. The van der Waals surface area contributed by atoms with E-state index in [1.165, 1.54) is 6.07 Å². The molecule has 0 unspecified atom stereocenters. The summed E-state index contributed by atoms with van der Waals surface area (Å²) >= 11 is 11.9. The highest BCUT2D eigenvalue weighted by molar-refractivity contribution is 6.38. The van der Waals surface area contributed by atoms with E-state index in [2.05, 4.69) is 0 Å². The van der Waals surface area contributed by atoms with Gasteiger partial charge in [0, 0.05) is 11.1 Å². The molecule has 0 atom stereocenters. The van der Waals surface area contributed by atoms with Crippen LogP contribution in [0, 0.1) is 0 Å². The predicted molar refractivity (Wildman–Crippen MR) is 74.2 cm³/mol. The minimum absolute atomic E-state index is 0.136. The highest BCUT2D eigenvalue weighted by Gasteiger charge is 2.12. The van der Waals surface area contributed by atoms with E-state index >= 15 is 0 Å². The highest BCUT2D eigenvalue weighted by Crippen LogP contribution is 2.30. The molecule has 0 amide bonds. The van der Waals surface area contributed by atoms with Crippen molar-refractivity contribution in [3.8, 4) is 0 Å². The van der Waals surface area contributed by atoms with Gasteiger partial charge in [-0.05, 0) is 24.1 Å². The van der Waals surface area contributed by atoms with Crippen LogP contribution in [0.5, 0.6) is 0 Å². The summed E-state index contributed by atoms with van der Waals surface area (Å²) in [5.41, 5.74) is 1.22. The maximum atomic E-state index is 12.0. The molecule has 0 saturated heterocycles. The normalized spacial score (nSPS) is 14.2. The zero-order chi connectivity index (χ0) is 12.7. The Balaban J connectivity index is 2.30. The van der Waals surface area contributed by atoms with E-state index in [-0.39, 0.29) is 5.43 Å². The molecule has 0 N–H and O–H groups in total. The Morgan fingerprint density at radius 2 is 2.00 bits per heavy atom. The summed E-state index contributed by atoms with van der Waals surface area (Å²) in [5, 5.41) is 1.18. The van der Waals surface area contributed by atoms with E-state index in [1.54, 1.807) is 12.1 Å². The first-order valence-corrected chi connectivity index (χ1v) is 6.20. The van der Waals surface area contributed by atoms with Gasteiger partial charge >= 0.3 is 0 Å². The van der Waals surface area contributed by atoms with Crippen LogP contribution in [0.2, 0.25) is 10.0 Å². The molecule has 0 bridgehead atoms. The van der Waals surface area contributed by atoms with Crippen LogP contribution in [-0.4, -0.2) is 0 Å². The standard InChI is InChI=1S/C14H8Cl2O2/c15-9-5-10-12(17)7-13(8-3-1-2-4-8)18-14(10)11(16)6-9/h1-3,5-7H,4H2. The summed E-state index contributed by atoms with van der Waals surface area (Å²) in [6.07, 6.45) is 6.62. The van der Waals surface area contributed by atoms with Crippen LogP contribution in [0.4, 0.5) is 0 Å². The number of hydrogen-bond acceptors (Lipinski definition) is 2. The van der Waals surface area contributed by atoms with E-state index in [0.29, 0.717) is 26.8 Å². The number of hydrogen-bond donors (Lipinski definition) is 0. The molecule has 0 radical (unpaired) electrons. The lowest BCUT2D eigenvalue weighted by Gasteiger charge is -2.05. The average molecular weight is 279 g/mol. The summed E-state index contributed by atoms with van der Waals surface area (Å²) in [6, 6.07) is 4.62. The molecule has 90 valence electrons. The molecular formula is C14H8Cl2O2. The predicted octanol–water partition coefficient (Wildman–Crippen LogP) is 4.44. The lowest BCUT2D eigenvalue weighted by Crippen LogP contribution is -2.02. The zero-order valence-electron chi connectivity index (χ0n) is 9.24. The van der Waals surface area contributed by atoms with Crippen molar-refractivity contribution >= 4 is 39.7 Å². The van der Waals surface area contributed by atoms with Gasteiger partial charge in [-0.3, -0.25) is 4.79 Å². The molecule has 1 aromatic carbocycles. The van der Waals surface area contributed by atoms with Gasteiger partial charge in [-0.15, -0.1) is 0 Å². The van der Waals surface area contributed by atoms with Gasteiger partial charge in [-0.25, -0.2) is 0 Å². The van der Waals surface area contributed by atoms with E-state index in [0.717, 1.165) is 12.0 Å². The van der Waals surface area contributed by atoms with Gasteiger partial charge in [0.2, 0.25) is 0 Å². The molecule has 1 aliphatic rings. The quantitative estimate of drug-likeness (QED) is 0.772. The second-order valence-corrected chi connectivity index (χ2v) is 4.91. The van der Waals surface area contributed by atoms with Gasteiger partial charge in [0.15, 0.2) is 11.0 Å². The first-order valence-electron chi connectivity index (χ1n) is 5.44. The van der Waals surface area contributed by atoms with Crippen molar-refractivity contribution in [3.05, 3.63) is 62.5 Å². The van der Waals surface area contributed by atoms with Crippen LogP contribution in [0.3, 0.4) is 0 Å². The Morgan fingerprint density at radius 3 is 2.72 bits per heavy atom. The van der Waals surface area contributed by atoms with E-state index in [1.807, 2.05) is 18.2 Å². The minimum Gasteiger partial charge on any atom is -0.455 e. The van der Waals surface area contributed by atoms with Crippen LogP contribution in [0.15, 0.2) is 45.6 Å². The van der Waals surface area contributed by atoms with Crippen LogP contribution in [0.25, 0.3) is 16.5 Å². The molecule has 0 fully saturated rings. The van der Waals surface area contributed by atoms with Crippen molar-refractivity contribution in [2.24, 2.45) is 0 Å². The maximum Gasteiger partial charge on any atom is 0.193 e. The van der Waals surface area contributed by atoms with Gasteiger partial charge in [0.05, 0.1) is 10.4 Å². The number of fused-ring (bicyclic) bond motifs is 1. The Morgan fingerprint density at radius 1 is 1.17 bits per heavy atom. The Hall–Kier alpha value is -1.51. The van der Waals surface area contributed by atoms with Gasteiger partial charge in [0.1, 0.15) is 5.76 Å². The molecule has 3 rings (SSSR count). The molecule has 0 saturated carbocycles. The fraction of sp³-hybridized carbons (Fsp3) is 0.0714. The van der Waals surface area contributed by atoms with Crippen molar-refractivity contribution in [3.63, 3.8) is 0 Å². The monoisotopic (exact) mass is 278 g/mol. The van der Waals surface area contributed by atoms with Crippen molar-refractivity contribution in [2.75, 3.05) is 0 Å². The Bertz CT molecular complexity index is 754. The van der Waals surface area contributed by atoms with Crippen LogP contribution >= 0.6 is 23.2 Å². The first kappa shape index (κ1) is 11.6. The average Bonchev–Trinajstić information content (AvgIpc) is 2.83. The highest BCUT2D eigenvalue weighted by atomic mass is 35.5. The summed E-state index contributed by atoms with van der Waals surface area (Å²) < 4.78 is 5.71. The lowest BCUT2D eigenvalue weighted by molar-refractivity contribution is 0.585. The first-order chi connectivity index (χ1) is 8.65. The van der Waals surface area contributed by atoms with Crippen molar-refractivity contribution in [1.82, 2.24) is 0 Å². The van der Waals surface area contributed by atoms with Crippen LogP contribution < -0.4 is 5.43 Å². The van der Waals surface area contributed by atoms with Crippen LogP contribution in [-0.2, 0) is 0 Å². The molecule has 0 spiro atoms. The second kappa shape index (κ2) is 4.30. The Kier molecular flexibility index (Phi) is 2.77. The molecule has 2 nitrogen and oxygen atoms in total. The van der Waals surface area contributed by atoms with Gasteiger partial charge in [0.25, 0.3) is 0 Å². The summed E-state index contributed by atoms with van der Waals surface area (Å²) in [4.78, 5) is 12.0. The second-order valence-electron chi connectivity index (χ2n) is 4.06. The maximum absolute atomic E-state index is 12.0. The third-order valence-corrected chi connectivity index (χ3v) is 3.33. The largest absolute Gasteiger partial charge is 0.455 e. The molecule has 2 aromatic rings. The van der Waals surface area contributed by atoms with Gasteiger partial charge < -0.3 is 4.42 Å². The van der Waals surface area contributed by atoms with Gasteiger partial charge in [-0.1, -0.05) is 41.4 Å². The number of allylic oxidation sites excluding steroid dienone is 4.